The van der Waals surface area contributed by atoms with Crippen molar-refractivity contribution in [2.75, 3.05) is 0 Å². The van der Waals surface area contributed by atoms with Crippen LogP contribution in [0.3, 0.4) is 0 Å². The van der Waals surface area contributed by atoms with Crippen molar-refractivity contribution >= 4 is 43.9 Å². The van der Waals surface area contributed by atoms with E-state index >= 15 is 0 Å². The van der Waals surface area contributed by atoms with Gasteiger partial charge in [-0.3, -0.25) is 0 Å². The second-order valence-corrected chi connectivity index (χ2v) is 3.62. The molecule has 7 heavy (non-hydrogen) atoms. The summed E-state index contributed by atoms with van der Waals surface area (Å²) in [4.78, 5) is 0. The molecule has 7 heteroatoms. The molecular formula is HF5I2. The predicted octanol–water partition coefficient (Wildman–Crippen LogP) is 3.60. The number of rotatable bonds is 0. The van der Waals surface area contributed by atoms with Gasteiger partial charge in [0.15, 0.2) is 0 Å². The summed E-state index contributed by atoms with van der Waals surface area (Å²) in [7, 11) is 0. The number of halogens is 7. The third-order valence-electron chi connectivity index (χ3n) is 0. The van der Waals surface area contributed by atoms with Gasteiger partial charge >= 0.3 is 34.2 Å². The van der Waals surface area contributed by atoms with Gasteiger partial charge in [0.25, 0.3) is 0 Å². The first-order chi connectivity index (χ1) is 2.24. The summed E-state index contributed by atoms with van der Waals surface area (Å²) in [6, 6.07) is 0. The van der Waals surface area contributed by atoms with E-state index in [4.69, 9.17) is 0 Å². The van der Waals surface area contributed by atoms with Crippen LogP contribution in [0.5, 0.6) is 0 Å². The summed E-state index contributed by atoms with van der Waals surface area (Å²) < 4.78 is 49.5. The summed E-state index contributed by atoms with van der Waals surface area (Å²) in [5.41, 5.74) is 0. The minimum absolute atomic E-state index is 0. The summed E-state index contributed by atoms with van der Waals surface area (Å²) in [6.07, 6.45) is 0. The Kier molecular flexibility index (Phi) is 3.37. The Labute approximate surface area is 58.0 Å². The van der Waals surface area contributed by atoms with Gasteiger partial charge in [0.2, 0.25) is 0 Å². The van der Waals surface area contributed by atoms with Gasteiger partial charge in [-0.1, -0.05) is 0 Å². The zero-order chi connectivity index (χ0) is 5.45. The molecule has 0 aromatic carbocycles. The average Bonchev–Trinajstić information content (AvgIpc) is 0.650. The fourth-order valence-electron chi connectivity index (χ4n) is 0. The van der Waals surface area contributed by atoms with Gasteiger partial charge in [-0.25, -0.2) is 0 Å². The molecule has 0 aromatic rings. The van der Waals surface area contributed by atoms with E-state index in [-0.39, 0.29) is 24.0 Å². The van der Waals surface area contributed by atoms with Crippen LogP contribution in [0.2, 0.25) is 0 Å². The Bertz CT molecular complexity index is 39.3. The maximum absolute atomic E-state index is 9.89. The van der Waals surface area contributed by atoms with E-state index in [1.54, 1.807) is 0 Å². The topological polar surface area (TPSA) is 0 Å². The maximum Gasteiger partial charge on any atom is -0.107 e. The van der Waals surface area contributed by atoms with Crippen molar-refractivity contribution in [3.8, 4) is 0 Å². The van der Waals surface area contributed by atoms with Gasteiger partial charge in [-0.05, 0) is 0 Å². The molecule has 0 saturated carbocycles. The summed E-state index contributed by atoms with van der Waals surface area (Å²) in [6.45, 7) is 0. The molecule has 0 spiro atoms. The average molecular weight is 350 g/mol. The second-order valence-electron chi connectivity index (χ2n) is 0.540. The second kappa shape index (κ2) is 2.15. The molecule has 0 aliphatic carbocycles. The van der Waals surface area contributed by atoms with Crippen LogP contribution < -0.4 is 0 Å². The zero-order valence-electron chi connectivity index (χ0n) is 2.68. The van der Waals surface area contributed by atoms with Crippen molar-refractivity contribution < 1.29 is 14.3 Å². The van der Waals surface area contributed by atoms with E-state index in [0.717, 1.165) is 0 Å². The third-order valence-corrected chi connectivity index (χ3v) is 0. The van der Waals surface area contributed by atoms with Crippen LogP contribution in [0.15, 0.2) is 0 Å². The van der Waals surface area contributed by atoms with Gasteiger partial charge in [-0.15, -0.1) is 24.0 Å². The normalized spacial score (nSPS) is 16.4. The fraction of sp³-hybridized carbons (Fsp3) is 0. The Morgan fingerprint density at radius 2 is 0.714 bits per heavy atom. The minimum atomic E-state index is -9.05. The molecule has 0 saturated heterocycles. The van der Waals surface area contributed by atoms with Crippen LogP contribution in [0.4, 0.5) is 14.3 Å². The SMILES string of the molecule is FI(F)(F)(F)F.I. The first-order valence-corrected chi connectivity index (χ1v) is 4.79. The molecule has 0 N–H and O–H groups in total. The van der Waals surface area contributed by atoms with Crippen LogP contribution in [0.25, 0.3) is 0 Å². The molecule has 0 aliphatic rings. The summed E-state index contributed by atoms with van der Waals surface area (Å²) in [5, 5.41) is 0. The predicted molar refractivity (Wildman–Crippen MR) is 35.0 cm³/mol. The molecule has 0 aromatic heterocycles. The molecule has 0 fully saturated rings. The molecule has 0 bridgehead atoms. The van der Waals surface area contributed by atoms with Crippen LogP contribution in [-0.4, -0.2) is 0 Å². The first-order valence-electron chi connectivity index (χ1n) is 0.714. The van der Waals surface area contributed by atoms with Gasteiger partial charge < -0.3 is 0 Å². The third kappa shape index (κ3) is 151. The van der Waals surface area contributed by atoms with Crippen molar-refractivity contribution in [2.24, 2.45) is 0 Å². The van der Waals surface area contributed by atoms with Crippen molar-refractivity contribution in [1.82, 2.24) is 0 Å². The van der Waals surface area contributed by atoms with E-state index in [9.17, 15) is 14.3 Å². The van der Waals surface area contributed by atoms with E-state index in [0.29, 0.717) is 0 Å². The molecule has 50 valence electrons. The summed E-state index contributed by atoms with van der Waals surface area (Å²) in [5.74, 6) is 0. The molecule has 0 atom stereocenters. The van der Waals surface area contributed by atoms with Gasteiger partial charge in [-0.2, -0.15) is 0 Å². The van der Waals surface area contributed by atoms with Crippen LogP contribution in [0.1, 0.15) is 0 Å². The van der Waals surface area contributed by atoms with E-state index in [1.807, 2.05) is 0 Å². The molecular weight excluding hydrogens is 349 g/mol. The van der Waals surface area contributed by atoms with E-state index in [1.165, 1.54) is 0 Å². The maximum atomic E-state index is 9.89. The van der Waals surface area contributed by atoms with Crippen LogP contribution >= 0.6 is 43.9 Å². The molecule has 0 rings (SSSR count). The molecule has 0 heterocycles. The number of hydrogen-bond acceptors (Lipinski definition) is 0. The van der Waals surface area contributed by atoms with Crippen molar-refractivity contribution in [3.63, 3.8) is 0 Å². The largest absolute Gasteiger partial charge is 0.107 e. The van der Waals surface area contributed by atoms with Crippen LogP contribution in [-0.2, 0) is 0 Å². The molecule has 0 amide bonds. The molecule has 0 unspecified atom stereocenters. The minimum Gasteiger partial charge on any atom is -0.107 e. The summed E-state index contributed by atoms with van der Waals surface area (Å²) >= 11 is -9.05. The fourth-order valence-corrected chi connectivity index (χ4v) is 0. The number of hydrogen-bond donors (Lipinski definition) is 0. The molecule has 0 aliphatic heterocycles. The van der Waals surface area contributed by atoms with E-state index in [2.05, 4.69) is 0 Å². The molecule has 0 nitrogen and oxygen atoms in total. The van der Waals surface area contributed by atoms with Crippen LogP contribution in [0, 0.1) is 0 Å². The Balaban J connectivity index is 0. The smallest absolute Gasteiger partial charge is 0.107 e. The standard InChI is InChI=1S/F5I.HI/c1-6(2,3,4)5;/h;1H. The van der Waals surface area contributed by atoms with Crippen molar-refractivity contribution in [1.29, 1.82) is 0 Å². The van der Waals surface area contributed by atoms with E-state index < -0.39 is 19.9 Å². The Morgan fingerprint density at radius 1 is 0.714 bits per heavy atom. The Morgan fingerprint density at radius 3 is 0.714 bits per heavy atom. The monoisotopic (exact) mass is 350 g/mol. The van der Waals surface area contributed by atoms with Crippen molar-refractivity contribution in [3.05, 3.63) is 0 Å². The van der Waals surface area contributed by atoms with Gasteiger partial charge in [0.05, 0.1) is 0 Å². The van der Waals surface area contributed by atoms with Gasteiger partial charge in [0, 0.05) is 0 Å². The zero-order valence-corrected chi connectivity index (χ0v) is 7.16. The Hall–Kier alpha value is 1.11. The molecule has 0 radical (unpaired) electrons. The van der Waals surface area contributed by atoms with Crippen molar-refractivity contribution in [2.45, 2.75) is 0 Å². The van der Waals surface area contributed by atoms with Gasteiger partial charge in [0.1, 0.15) is 0 Å². The first kappa shape index (κ1) is 11.0. The quantitative estimate of drug-likeness (QED) is 0.463.